The summed E-state index contributed by atoms with van der Waals surface area (Å²) in [6, 6.07) is 5.01. The first-order chi connectivity index (χ1) is 12.4. The van der Waals surface area contributed by atoms with E-state index in [-0.39, 0.29) is 10.7 Å². The lowest BCUT2D eigenvalue weighted by atomic mass is 9.94. The molecule has 1 aliphatic rings. The third-order valence-corrected chi connectivity index (χ3v) is 5.07. The van der Waals surface area contributed by atoms with E-state index in [4.69, 9.17) is 23.8 Å². The molecule has 0 bridgehead atoms. The van der Waals surface area contributed by atoms with Gasteiger partial charge < -0.3 is 11.1 Å². The largest absolute Gasteiger partial charge is 0.379 e. The second-order valence-corrected chi connectivity index (χ2v) is 7.43. The summed E-state index contributed by atoms with van der Waals surface area (Å²) in [4.78, 5) is 25.4. The Kier molecular flexibility index (Phi) is 5.16. The molecule has 0 unspecified atom stereocenters. The van der Waals surface area contributed by atoms with Crippen molar-refractivity contribution in [1.29, 1.82) is 0 Å². The molecule has 0 saturated heterocycles. The number of amides is 1. The molecule has 8 heteroatoms. The van der Waals surface area contributed by atoms with E-state index in [1.54, 1.807) is 18.3 Å². The Balaban J connectivity index is 1.84. The highest BCUT2D eigenvalue weighted by Crippen LogP contribution is 2.34. The molecule has 0 radical (unpaired) electrons. The third-order valence-electron chi connectivity index (χ3n) is 3.99. The number of aromatic nitrogens is 2. The zero-order valence-corrected chi connectivity index (χ0v) is 15.6. The number of anilines is 1. The Morgan fingerprint density at radius 1 is 1.46 bits per heavy atom. The van der Waals surface area contributed by atoms with E-state index in [1.807, 2.05) is 6.92 Å². The fourth-order valence-corrected chi connectivity index (χ4v) is 3.77. The maximum absolute atomic E-state index is 12.5. The van der Waals surface area contributed by atoms with Crippen LogP contribution in [0.3, 0.4) is 0 Å². The minimum atomic E-state index is -0.513. The van der Waals surface area contributed by atoms with Crippen LogP contribution in [0.5, 0.6) is 0 Å². The van der Waals surface area contributed by atoms with Crippen LogP contribution in [-0.4, -0.2) is 26.8 Å². The van der Waals surface area contributed by atoms with E-state index in [9.17, 15) is 4.79 Å². The number of nitrogens with one attached hydrogen (secondary N) is 1. The number of thioether (sulfide) groups is 1. The lowest BCUT2D eigenvalue weighted by Crippen LogP contribution is -2.29. The van der Waals surface area contributed by atoms with E-state index in [1.165, 1.54) is 24.0 Å². The number of amidine groups is 1. The second-order valence-electron chi connectivity index (χ2n) is 5.90. The molecule has 6 nitrogen and oxygen atoms in total. The fourth-order valence-electron chi connectivity index (χ4n) is 2.55. The third kappa shape index (κ3) is 3.82. The quantitative estimate of drug-likeness (QED) is 0.792. The molecule has 3 heterocycles. The van der Waals surface area contributed by atoms with Crippen LogP contribution in [-0.2, 0) is 5.54 Å². The highest BCUT2D eigenvalue weighted by molar-refractivity contribution is 8.13. The van der Waals surface area contributed by atoms with Gasteiger partial charge in [0.15, 0.2) is 5.17 Å². The molecule has 132 valence electrons. The Morgan fingerprint density at radius 3 is 2.96 bits per heavy atom. The zero-order chi connectivity index (χ0) is 18.7. The van der Waals surface area contributed by atoms with Crippen LogP contribution in [0.2, 0.25) is 5.02 Å². The van der Waals surface area contributed by atoms with Gasteiger partial charge in [-0.15, -0.1) is 6.42 Å². The van der Waals surface area contributed by atoms with Crippen molar-refractivity contribution in [3.05, 3.63) is 52.6 Å². The summed E-state index contributed by atoms with van der Waals surface area (Å²) in [5.74, 6) is 2.86. The average Bonchev–Trinajstić information content (AvgIpc) is 2.61. The number of carbonyl (C=O) groups is 1. The first kappa shape index (κ1) is 18.2. The van der Waals surface area contributed by atoms with Gasteiger partial charge in [-0.3, -0.25) is 9.78 Å². The van der Waals surface area contributed by atoms with Crippen LogP contribution in [0.15, 0.2) is 35.6 Å². The van der Waals surface area contributed by atoms with Crippen LogP contribution < -0.4 is 11.1 Å². The van der Waals surface area contributed by atoms with Crippen molar-refractivity contribution in [2.75, 3.05) is 11.1 Å². The molecule has 2 aromatic rings. The number of rotatable bonds is 3. The van der Waals surface area contributed by atoms with Gasteiger partial charge in [-0.2, -0.15) is 0 Å². The number of hydrogen-bond acceptors (Lipinski definition) is 6. The van der Waals surface area contributed by atoms with Gasteiger partial charge in [0.05, 0.1) is 10.7 Å². The summed E-state index contributed by atoms with van der Waals surface area (Å²) < 4.78 is 0. The number of carbonyl (C=O) groups excluding carboxylic acids is 1. The molecule has 1 atom stereocenters. The van der Waals surface area contributed by atoms with E-state index in [0.717, 1.165) is 17.9 Å². The number of terminal acetylenes is 1. The van der Waals surface area contributed by atoms with Crippen molar-refractivity contribution >= 4 is 40.1 Å². The van der Waals surface area contributed by atoms with Crippen molar-refractivity contribution < 1.29 is 4.79 Å². The second kappa shape index (κ2) is 7.36. The molecule has 0 saturated carbocycles. The topological polar surface area (TPSA) is 93.3 Å². The predicted molar refractivity (Wildman–Crippen MR) is 105 cm³/mol. The van der Waals surface area contributed by atoms with Crippen molar-refractivity contribution in [3.8, 4) is 12.3 Å². The number of nitrogens with two attached hydrogens (primary N) is 1. The minimum absolute atomic E-state index is 0.103. The summed E-state index contributed by atoms with van der Waals surface area (Å²) in [6.07, 6.45) is 9.16. The number of aliphatic imine (C=N–C) groups is 1. The maximum Gasteiger partial charge on any atom is 0.275 e. The number of pyridine rings is 2. The lowest BCUT2D eigenvalue weighted by Gasteiger charge is -2.28. The zero-order valence-electron chi connectivity index (χ0n) is 14.0. The van der Waals surface area contributed by atoms with Crippen molar-refractivity contribution in [3.63, 3.8) is 0 Å². The Hall–Kier alpha value is -2.56. The lowest BCUT2D eigenvalue weighted by molar-refractivity contribution is 0.102. The van der Waals surface area contributed by atoms with Gasteiger partial charge in [-0.05, 0) is 31.5 Å². The normalized spacial score (nSPS) is 19.3. The van der Waals surface area contributed by atoms with Crippen LogP contribution in [0, 0.1) is 12.3 Å². The molecule has 26 heavy (non-hydrogen) atoms. The molecule has 1 amide bonds. The van der Waals surface area contributed by atoms with Gasteiger partial charge in [0.25, 0.3) is 5.91 Å². The number of halogens is 1. The summed E-state index contributed by atoms with van der Waals surface area (Å²) >= 11 is 7.62. The molecule has 1 aliphatic heterocycles. The maximum atomic E-state index is 12.5. The summed E-state index contributed by atoms with van der Waals surface area (Å²) in [6.45, 7) is 1.98. The number of hydrogen-bond donors (Lipinski definition) is 2. The highest BCUT2D eigenvalue weighted by Gasteiger charge is 2.31. The highest BCUT2D eigenvalue weighted by atomic mass is 35.5. The number of nitrogens with zero attached hydrogens (tertiary/aromatic N) is 3. The van der Waals surface area contributed by atoms with Gasteiger partial charge >= 0.3 is 0 Å². The van der Waals surface area contributed by atoms with E-state index in [0.29, 0.717) is 16.4 Å². The summed E-state index contributed by atoms with van der Waals surface area (Å²) in [7, 11) is 0. The first-order valence-electron chi connectivity index (χ1n) is 7.79. The molecular formula is C18H16ClN5OS. The van der Waals surface area contributed by atoms with Crippen LogP contribution in [0.4, 0.5) is 5.69 Å². The smallest absolute Gasteiger partial charge is 0.275 e. The summed E-state index contributed by atoms with van der Waals surface area (Å²) in [5.41, 5.74) is 7.27. The monoisotopic (exact) mass is 385 g/mol. The molecule has 3 rings (SSSR count). The van der Waals surface area contributed by atoms with Crippen LogP contribution in [0.1, 0.15) is 35.1 Å². The van der Waals surface area contributed by atoms with Gasteiger partial charge in [-0.1, -0.05) is 29.3 Å². The predicted octanol–water partition coefficient (Wildman–Crippen LogP) is 3.03. The average molecular weight is 386 g/mol. The van der Waals surface area contributed by atoms with E-state index < -0.39 is 11.4 Å². The molecule has 3 N–H and O–H groups in total. The Bertz CT molecular complexity index is 939. The first-order valence-corrected chi connectivity index (χ1v) is 9.16. The van der Waals surface area contributed by atoms with Gasteiger partial charge in [0.1, 0.15) is 11.2 Å². The minimum Gasteiger partial charge on any atom is -0.379 e. The van der Waals surface area contributed by atoms with Crippen molar-refractivity contribution in [2.45, 2.75) is 18.9 Å². The van der Waals surface area contributed by atoms with Crippen LogP contribution >= 0.6 is 23.4 Å². The van der Waals surface area contributed by atoms with E-state index >= 15 is 0 Å². The molecule has 0 spiro atoms. The van der Waals surface area contributed by atoms with Crippen molar-refractivity contribution in [2.24, 2.45) is 10.7 Å². The van der Waals surface area contributed by atoms with Gasteiger partial charge in [0, 0.05) is 29.4 Å². The standard InChI is InChI=1S/C18H16ClN5OS/c1-3-11-8-13(19)15(22-10-11)16(25)23-12-4-6-21-14(9-12)18(2)5-7-26-17(20)24-18/h1,4,6,8-10H,5,7H2,2H3,(H2,20,24)(H,21,23,25)/t18-/m0/s1. The van der Waals surface area contributed by atoms with E-state index in [2.05, 4.69) is 26.2 Å². The molecular weight excluding hydrogens is 370 g/mol. The molecule has 0 aromatic carbocycles. The van der Waals surface area contributed by atoms with Crippen molar-refractivity contribution in [1.82, 2.24) is 9.97 Å². The molecule has 0 aliphatic carbocycles. The Morgan fingerprint density at radius 2 is 2.27 bits per heavy atom. The van der Waals surface area contributed by atoms with Crippen LogP contribution in [0.25, 0.3) is 0 Å². The van der Waals surface area contributed by atoms with Gasteiger partial charge in [-0.25, -0.2) is 9.98 Å². The SMILES string of the molecule is C#Cc1cnc(C(=O)Nc2ccnc([C@]3(C)CCSC(N)=N3)c2)c(Cl)c1. The Labute approximate surface area is 160 Å². The van der Waals surface area contributed by atoms with Gasteiger partial charge in [0.2, 0.25) is 0 Å². The fraction of sp³-hybridized carbons (Fsp3) is 0.222. The molecule has 2 aromatic heterocycles. The molecule has 0 fully saturated rings. The summed E-state index contributed by atoms with van der Waals surface area (Å²) in [5, 5.41) is 3.52.